The number of para-hydroxylation sites is 1. The molecule has 31 heavy (non-hydrogen) atoms. The Morgan fingerprint density at radius 1 is 1.06 bits per heavy atom. The van der Waals surface area contributed by atoms with Crippen LogP contribution in [-0.4, -0.2) is 25.2 Å². The summed E-state index contributed by atoms with van der Waals surface area (Å²) < 4.78 is 3.18. The molecule has 0 fully saturated rings. The predicted molar refractivity (Wildman–Crippen MR) is 122 cm³/mol. The van der Waals surface area contributed by atoms with Gasteiger partial charge in [-0.2, -0.15) is 5.10 Å². The predicted octanol–water partition coefficient (Wildman–Crippen LogP) is 4.04. The van der Waals surface area contributed by atoms with Crippen molar-refractivity contribution >= 4 is 22.6 Å². The normalized spacial score (nSPS) is 11.2. The number of aryl methyl sites for hydroxylation is 1. The Kier molecular flexibility index (Phi) is 5.66. The minimum Gasteiger partial charge on any atom is -0.326 e. The highest BCUT2D eigenvalue weighted by atomic mass is 16.2. The molecule has 158 valence electrons. The molecule has 0 saturated heterocycles. The first-order chi connectivity index (χ1) is 14.9. The molecule has 2 heterocycles. The summed E-state index contributed by atoms with van der Waals surface area (Å²) in [6.07, 6.45) is 1.71. The Morgan fingerprint density at radius 3 is 2.45 bits per heavy atom. The lowest BCUT2D eigenvalue weighted by Gasteiger charge is -2.11. The van der Waals surface area contributed by atoms with E-state index in [-0.39, 0.29) is 24.4 Å². The zero-order chi connectivity index (χ0) is 22.0. The van der Waals surface area contributed by atoms with Crippen molar-refractivity contribution < 1.29 is 4.79 Å². The lowest BCUT2D eigenvalue weighted by molar-refractivity contribution is -0.116. The largest absolute Gasteiger partial charge is 0.326 e. The highest BCUT2D eigenvalue weighted by molar-refractivity contribution is 5.90. The molecule has 0 spiro atoms. The molecule has 7 nitrogen and oxygen atoms in total. The van der Waals surface area contributed by atoms with Crippen molar-refractivity contribution in [3.8, 4) is 5.69 Å². The van der Waals surface area contributed by atoms with E-state index in [0.717, 1.165) is 11.4 Å². The van der Waals surface area contributed by atoms with Crippen LogP contribution in [0.3, 0.4) is 0 Å². The molecule has 1 amide bonds. The monoisotopic (exact) mass is 415 g/mol. The van der Waals surface area contributed by atoms with Gasteiger partial charge in [-0.15, -0.1) is 0 Å². The molecule has 0 aliphatic rings. The number of hydrogen-bond donors (Lipinski definition) is 1. The summed E-state index contributed by atoms with van der Waals surface area (Å²) >= 11 is 0. The number of benzene rings is 2. The van der Waals surface area contributed by atoms with E-state index < -0.39 is 0 Å². The SMILES string of the molecule is Cc1nc2c(cnn2-c2ccccc2)c(=O)n1CCC(=O)Nc1ccc(C(C)C)cc1. The summed E-state index contributed by atoms with van der Waals surface area (Å²) in [6, 6.07) is 17.4. The van der Waals surface area contributed by atoms with Crippen molar-refractivity contribution in [1.82, 2.24) is 19.3 Å². The van der Waals surface area contributed by atoms with Gasteiger partial charge < -0.3 is 5.32 Å². The van der Waals surface area contributed by atoms with Gasteiger partial charge in [0, 0.05) is 18.7 Å². The number of carbonyl (C=O) groups excluding carboxylic acids is 1. The van der Waals surface area contributed by atoms with Crippen LogP contribution in [-0.2, 0) is 11.3 Å². The third-order valence-electron chi connectivity index (χ3n) is 5.30. The fraction of sp³-hybridized carbons (Fsp3) is 0.250. The molecule has 4 rings (SSSR count). The molecule has 0 atom stereocenters. The summed E-state index contributed by atoms with van der Waals surface area (Å²) in [6.45, 7) is 6.27. The third kappa shape index (κ3) is 4.26. The van der Waals surface area contributed by atoms with Crippen LogP contribution in [0.5, 0.6) is 0 Å². The fourth-order valence-electron chi connectivity index (χ4n) is 3.52. The second-order valence-corrected chi connectivity index (χ2v) is 7.82. The molecular weight excluding hydrogens is 390 g/mol. The topological polar surface area (TPSA) is 81.8 Å². The summed E-state index contributed by atoms with van der Waals surface area (Å²) in [5.41, 5.74) is 3.12. The average molecular weight is 415 g/mol. The maximum Gasteiger partial charge on any atom is 0.264 e. The first kappa shape index (κ1) is 20.5. The Labute approximate surface area is 180 Å². The summed E-state index contributed by atoms with van der Waals surface area (Å²) in [4.78, 5) is 30.0. The van der Waals surface area contributed by atoms with Gasteiger partial charge in [0.1, 0.15) is 11.2 Å². The van der Waals surface area contributed by atoms with Crippen molar-refractivity contribution in [3.05, 3.63) is 82.5 Å². The Hall–Kier alpha value is -3.74. The number of anilines is 1. The van der Waals surface area contributed by atoms with Crippen molar-refractivity contribution in [3.63, 3.8) is 0 Å². The van der Waals surface area contributed by atoms with Gasteiger partial charge in [-0.3, -0.25) is 14.2 Å². The molecule has 0 unspecified atom stereocenters. The molecule has 0 saturated carbocycles. The van der Waals surface area contributed by atoms with Crippen LogP contribution in [0.25, 0.3) is 16.7 Å². The number of nitrogens with zero attached hydrogens (tertiary/aromatic N) is 4. The van der Waals surface area contributed by atoms with Crippen LogP contribution < -0.4 is 10.9 Å². The molecule has 0 aliphatic heterocycles. The van der Waals surface area contributed by atoms with Crippen LogP contribution in [0.15, 0.2) is 65.6 Å². The summed E-state index contributed by atoms with van der Waals surface area (Å²) in [7, 11) is 0. The van der Waals surface area contributed by atoms with Crippen molar-refractivity contribution in [2.24, 2.45) is 0 Å². The highest BCUT2D eigenvalue weighted by Crippen LogP contribution is 2.18. The van der Waals surface area contributed by atoms with E-state index in [0.29, 0.717) is 22.8 Å². The van der Waals surface area contributed by atoms with Crippen molar-refractivity contribution in [1.29, 1.82) is 0 Å². The maximum absolute atomic E-state index is 13.0. The van der Waals surface area contributed by atoms with Crippen LogP contribution in [0.1, 0.15) is 37.6 Å². The lowest BCUT2D eigenvalue weighted by atomic mass is 10.0. The lowest BCUT2D eigenvalue weighted by Crippen LogP contribution is -2.26. The van der Waals surface area contributed by atoms with Gasteiger partial charge in [-0.25, -0.2) is 9.67 Å². The van der Waals surface area contributed by atoms with E-state index in [1.807, 2.05) is 54.6 Å². The standard InChI is InChI=1S/C24H25N5O2/c1-16(2)18-9-11-19(12-10-18)27-22(30)13-14-28-17(3)26-23-21(24(28)31)15-25-29(23)20-7-5-4-6-8-20/h4-12,15-16H,13-14H2,1-3H3,(H,27,30). The van der Waals surface area contributed by atoms with Gasteiger partial charge in [0.15, 0.2) is 5.65 Å². The smallest absolute Gasteiger partial charge is 0.264 e. The zero-order valence-corrected chi connectivity index (χ0v) is 17.9. The molecule has 0 radical (unpaired) electrons. The fourth-order valence-corrected chi connectivity index (χ4v) is 3.52. The minimum absolute atomic E-state index is 0.149. The number of aromatic nitrogens is 4. The van der Waals surface area contributed by atoms with Gasteiger partial charge in [-0.05, 0) is 42.7 Å². The number of nitrogens with one attached hydrogen (secondary N) is 1. The maximum atomic E-state index is 13.0. The second kappa shape index (κ2) is 8.55. The molecule has 0 bridgehead atoms. The van der Waals surface area contributed by atoms with Crippen LogP contribution >= 0.6 is 0 Å². The summed E-state index contributed by atoms with van der Waals surface area (Å²) in [5, 5.41) is 7.66. The van der Waals surface area contributed by atoms with Gasteiger partial charge in [0.05, 0.1) is 11.9 Å². The first-order valence-electron chi connectivity index (χ1n) is 10.3. The quantitative estimate of drug-likeness (QED) is 0.515. The summed E-state index contributed by atoms with van der Waals surface area (Å²) in [5.74, 6) is 0.834. The van der Waals surface area contributed by atoms with E-state index in [4.69, 9.17) is 0 Å². The Balaban J connectivity index is 1.51. The van der Waals surface area contributed by atoms with Gasteiger partial charge >= 0.3 is 0 Å². The van der Waals surface area contributed by atoms with Crippen LogP contribution in [0.2, 0.25) is 0 Å². The first-order valence-corrected chi connectivity index (χ1v) is 10.3. The van der Waals surface area contributed by atoms with E-state index in [2.05, 4.69) is 29.2 Å². The minimum atomic E-state index is -0.196. The highest BCUT2D eigenvalue weighted by Gasteiger charge is 2.15. The zero-order valence-electron chi connectivity index (χ0n) is 17.9. The molecule has 7 heteroatoms. The van der Waals surface area contributed by atoms with Crippen LogP contribution in [0.4, 0.5) is 5.69 Å². The van der Waals surface area contributed by atoms with E-state index in [1.165, 1.54) is 16.3 Å². The molecule has 4 aromatic rings. The third-order valence-corrected chi connectivity index (χ3v) is 5.30. The number of carbonyl (C=O) groups is 1. The van der Waals surface area contributed by atoms with Gasteiger partial charge in [0.25, 0.3) is 5.56 Å². The van der Waals surface area contributed by atoms with E-state index in [9.17, 15) is 9.59 Å². The molecule has 2 aromatic carbocycles. The van der Waals surface area contributed by atoms with Crippen molar-refractivity contribution in [2.75, 3.05) is 5.32 Å². The van der Waals surface area contributed by atoms with Crippen molar-refractivity contribution in [2.45, 2.75) is 39.7 Å². The van der Waals surface area contributed by atoms with Crippen LogP contribution in [0, 0.1) is 6.92 Å². The van der Waals surface area contributed by atoms with E-state index >= 15 is 0 Å². The van der Waals surface area contributed by atoms with E-state index in [1.54, 1.807) is 11.6 Å². The molecule has 0 aliphatic carbocycles. The Morgan fingerprint density at radius 2 is 1.77 bits per heavy atom. The van der Waals surface area contributed by atoms with Gasteiger partial charge in [0.2, 0.25) is 5.91 Å². The molecular formula is C24H25N5O2. The average Bonchev–Trinajstić information content (AvgIpc) is 3.18. The Bertz CT molecular complexity index is 1270. The number of rotatable bonds is 6. The number of amides is 1. The van der Waals surface area contributed by atoms with Gasteiger partial charge in [-0.1, -0.05) is 44.2 Å². The second-order valence-electron chi connectivity index (χ2n) is 7.82. The molecule has 2 aromatic heterocycles. The number of hydrogen-bond acceptors (Lipinski definition) is 4. The number of fused-ring (bicyclic) bond motifs is 1. The molecule has 1 N–H and O–H groups in total.